The van der Waals surface area contributed by atoms with Crippen molar-refractivity contribution < 1.29 is 4.79 Å². The normalized spacial score (nSPS) is 40.2. The van der Waals surface area contributed by atoms with E-state index >= 15 is 0 Å². The van der Waals surface area contributed by atoms with E-state index in [1.807, 2.05) is 25.2 Å². The molecule has 37 heavy (non-hydrogen) atoms. The van der Waals surface area contributed by atoms with Crippen molar-refractivity contribution >= 4 is 11.6 Å². The van der Waals surface area contributed by atoms with Crippen LogP contribution in [0.1, 0.15) is 50.8 Å². The van der Waals surface area contributed by atoms with E-state index in [1.165, 1.54) is 16.8 Å². The molecular formula is C32H38N4O. The molecule has 2 bridgehead atoms. The summed E-state index contributed by atoms with van der Waals surface area (Å²) in [6.07, 6.45) is 21.7. The monoisotopic (exact) mass is 494 g/mol. The molecule has 8 atom stereocenters. The van der Waals surface area contributed by atoms with E-state index in [4.69, 9.17) is 0 Å². The highest BCUT2D eigenvalue weighted by Gasteiger charge is 2.77. The molecule has 0 saturated carbocycles. The summed E-state index contributed by atoms with van der Waals surface area (Å²) >= 11 is 0. The first-order chi connectivity index (χ1) is 18.0. The van der Waals surface area contributed by atoms with Crippen LogP contribution in [-0.2, 0) is 10.2 Å². The molecule has 1 aliphatic carbocycles. The molecule has 192 valence electrons. The highest BCUT2D eigenvalue weighted by atomic mass is 16.2. The molecule has 6 heterocycles. The Morgan fingerprint density at radius 2 is 1.95 bits per heavy atom. The van der Waals surface area contributed by atoms with Gasteiger partial charge in [-0.05, 0) is 50.8 Å². The fourth-order valence-electron chi connectivity index (χ4n) is 9.24. The molecule has 6 aliphatic heterocycles. The van der Waals surface area contributed by atoms with Gasteiger partial charge in [-0.25, -0.2) is 0 Å². The van der Waals surface area contributed by atoms with Crippen molar-refractivity contribution in [2.24, 2.45) is 11.3 Å². The lowest BCUT2D eigenvalue weighted by Gasteiger charge is -2.66. The molecule has 8 rings (SSSR count). The van der Waals surface area contributed by atoms with Crippen LogP contribution in [0, 0.1) is 11.3 Å². The van der Waals surface area contributed by atoms with Gasteiger partial charge in [0.15, 0.2) is 0 Å². The largest absolute Gasteiger partial charge is 0.358 e. The number of anilines is 1. The standard InChI is InChI=1S/C32H38N4O/c1-5-6-7-15-27(37)36-19-16-31-23-12-8-9-13-24(23)33-29-32(31)17-18-35(30(31)36)26(20-21(2)3)22-11-10-14-25(28(22)32)34(29)4/h5-15,20,23-24,26,29-30,33H,16-19H2,1-4H3/b6-5+,15-7+/t23?,24?,26-,29-,30+,31+,32+/m1/s1. The molecule has 2 spiro atoms. The van der Waals surface area contributed by atoms with Gasteiger partial charge in [0.2, 0.25) is 5.91 Å². The molecule has 3 fully saturated rings. The number of fused-ring (bicyclic) bond motifs is 2. The van der Waals surface area contributed by atoms with Crippen LogP contribution in [-0.4, -0.2) is 54.2 Å². The highest BCUT2D eigenvalue weighted by molar-refractivity contribution is 5.89. The topological polar surface area (TPSA) is 38.8 Å². The number of piperidine rings is 2. The highest BCUT2D eigenvalue weighted by Crippen LogP contribution is 2.72. The van der Waals surface area contributed by atoms with Crippen LogP contribution in [0.15, 0.2) is 78.5 Å². The first-order valence-corrected chi connectivity index (χ1v) is 13.9. The van der Waals surface area contributed by atoms with Crippen LogP contribution in [0.3, 0.4) is 0 Å². The van der Waals surface area contributed by atoms with E-state index in [0.717, 1.165) is 25.9 Å². The summed E-state index contributed by atoms with van der Waals surface area (Å²) < 4.78 is 0. The van der Waals surface area contributed by atoms with Gasteiger partial charge >= 0.3 is 0 Å². The third-order valence-electron chi connectivity index (χ3n) is 10.3. The maximum Gasteiger partial charge on any atom is 0.247 e. The average molecular weight is 495 g/mol. The second kappa shape index (κ2) is 8.05. The van der Waals surface area contributed by atoms with Crippen molar-refractivity contribution in [1.29, 1.82) is 0 Å². The first kappa shape index (κ1) is 23.2. The summed E-state index contributed by atoms with van der Waals surface area (Å²) in [6, 6.07) is 7.37. The Morgan fingerprint density at radius 3 is 2.76 bits per heavy atom. The number of amides is 1. The van der Waals surface area contributed by atoms with Crippen LogP contribution >= 0.6 is 0 Å². The SMILES string of the molecule is C/C=C/C=C/C(=O)N1CC[C@@]23C4C=CC=CC4N[C@@H]4N(C)c5cccc6c5[C@@]42CCN([C@@H]6C=C(C)C)[C@@H]13. The molecule has 3 unspecified atom stereocenters. The minimum absolute atomic E-state index is 0.0459. The lowest BCUT2D eigenvalue weighted by atomic mass is 9.46. The van der Waals surface area contributed by atoms with E-state index < -0.39 is 0 Å². The van der Waals surface area contributed by atoms with E-state index in [-0.39, 0.29) is 41.2 Å². The molecule has 5 nitrogen and oxygen atoms in total. The quantitative estimate of drug-likeness (QED) is 0.372. The van der Waals surface area contributed by atoms with E-state index in [1.54, 1.807) is 11.6 Å². The number of hydrogen-bond donors (Lipinski definition) is 1. The molecular weight excluding hydrogens is 456 g/mol. The van der Waals surface area contributed by atoms with Gasteiger partial charge in [0, 0.05) is 54.7 Å². The molecule has 3 saturated heterocycles. The predicted octanol–water partition coefficient (Wildman–Crippen LogP) is 4.82. The number of likely N-dealkylation sites (tertiary alicyclic amines) is 1. The number of nitrogens with zero attached hydrogens (tertiary/aromatic N) is 3. The van der Waals surface area contributed by atoms with Gasteiger partial charge < -0.3 is 9.80 Å². The van der Waals surface area contributed by atoms with E-state index in [2.05, 4.69) is 89.5 Å². The number of hydrogen-bond acceptors (Lipinski definition) is 4. The van der Waals surface area contributed by atoms with Crippen molar-refractivity contribution in [2.45, 2.75) is 63.4 Å². The summed E-state index contributed by atoms with van der Waals surface area (Å²) in [5, 5.41) is 4.13. The fraction of sp³-hybridized carbons (Fsp3) is 0.469. The smallest absolute Gasteiger partial charge is 0.247 e. The number of carbonyl (C=O) groups excluding carboxylic acids is 1. The van der Waals surface area contributed by atoms with Crippen LogP contribution < -0.4 is 10.2 Å². The Balaban J connectivity index is 1.53. The molecule has 0 aromatic heterocycles. The van der Waals surface area contributed by atoms with Gasteiger partial charge in [0.1, 0.15) is 0 Å². The van der Waals surface area contributed by atoms with Crippen molar-refractivity contribution in [3.8, 4) is 0 Å². The Labute approximate surface area is 220 Å². The van der Waals surface area contributed by atoms with Crippen molar-refractivity contribution in [2.75, 3.05) is 25.0 Å². The van der Waals surface area contributed by atoms with Crippen LogP contribution in [0.2, 0.25) is 0 Å². The van der Waals surface area contributed by atoms with Gasteiger partial charge in [-0.15, -0.1) is 0 Å². The zero-order valence-electron chi connectivity index (χ0n) is 22.4. The summed E-state index contributed by atoms with van der Waals surface area (Å²) in [5.74, 6) is 0.467. The van der Waals surface area contributed by atoms with Gasteiger partial charge in [-0.1, -0.05) is 66.3 Å². The molecule has 1 aromatic carbocycles. The first-order valence-electron chi connectivity index (χ1n) is 13.9. The van der Waals surface area contributed by atoms with Gasteiger partial charge in [0.05, 0.1) is 18.4 Å². The number of allylic oxidation sites excluding steroid dienone is 6. The van der Waals surface area contributed by atoms with Gasteiger partial charge in [-0.2, -0.15) is 0 Å². The third-order valence-corrected chi connectivity index (χ3v) is 10.3. The summed E-state index contributed by atoms with van der Waals surface area (Å²) in [4.78, 5) is 21.3. The van der Waals surface area contributed by atoms with Crippen molar-refractivity contribution in [3.05, 3.63) is 89.6 Å². The number of benzene rings is 1. The molecule has 0 radical (unpaired) electrons. The number of likely N-dealkylation sites (N-methyl/N-ethyl adjacent to an activating group) is 1. The average Bonchev–Trinajstić information content (AvgIpc) is 3.34. The second-order valence-electron chi connectivity index (χ2n) is 12.0. The van der Waals surface area contributed by atoms with Gasteiger partial charge in [-0.3, -0.25) is 15.0 Å². The Bertz CT molecular complexity index is 1300. The van der Waals surface area contributed by atoms with Crippen molar-refractivity contribution in [1.82, 2.24) is 15.1 Å². The summed E-state index contributed by atoms with van der Waals surface area (Å²) in [7, 11) is 2.28. The van der Waals surface area contributed by atoms with E-state index in [0.29, 0.717) is 5.92 Å². The van der Waals surface area contributed by atoms with Crippen molar-refractivity contribution in [3.63, 3.8) is 0 Å². The minimum atomic E-state index is -0.0724. The zero-order chi connectivity index (χ0) is 25.5. The summed E-state index contributed by atoms with van der Waals surface area (Å²) in [5.41, 5.74) is 5.54. The van der Waals surface area contributed by atoms with Gasteiger partial charge in [0.25, 0.3) is 0 Å². The lowest BCUT2D eigenvalue weighted by Crippen LogP contribution is -2.77. The van der Waals surface area contributed by atoms with Crippen LogP contribution in [0.4, 0.5) is 5.69 Å². The number of carbonyl (C=O) groups is 1. The van der Waals surface area contributed by atoms with Crippen LogP contribution in [0.25, 0.3) is 0 Å². The molecule has 5 heteroatoms. The van der Waals surface area contributed by atoms with Crippen LogP contribution in [0.5, 0.6) is 0 Å². The Kier molecular flexibility index (Phi) is 5.06. The molecule has 7 aliphatic rings. The van der Waals surface area contributed by atoms with E-state index in [9.17, 15) is 4.79 Å². The Hall–Kier alpha value is -2.89. The maximum atomic E-state index is 13.9. The molecule has 1 amide bonds. The fourth-order valence-corrected chi connectivity index (χ4v) is 9.24. The molecule has 1 N–H and O–H groups in total. The zero-order valence-corrected chi connectivity index (χ0v) is 22.4. The second-order valence-corrected chi connectivity index (χ2v) is 12.0. The Morgan fingerprint density at radius 1 is 1.11 bits per heavy atom. The predicted molar refractivity (Wildman–Crippen MR) is 149 cm³/mol. The number of rotatable bonds is 3. The molecule has 1 aromatic rings. The third kappa shape index (κ3) is 2.74. The maximum absolute atomic E-state index is 13.9. The summed E-state index contributed by atoms with van der Waals surface area (Å²) in [6.45, 7) is 8.20. The minimum Gasteiger partial charge on any atom is -0.358 e. The lowest BCUT2D eigenvalue weighted by molar-refractivity contribution is -0.156. The number of nitrogens with one attached hydrogen (secondary N) is 1.